The summed E-state index contributed by atoms with van der Waals surface area (Å²) in [6.45, 7) is 4.33. The number of pyridine rings is 1. The molecule has 3 aromatic rings. The molecule has 1 N–H and O–H groups in total. The Morgan fingerprint density at radius 3 is 2.42 bits per heavy atom. The topological polar surface area (TPSA) is 53.7 Å². The van der Waals surface area contributed by atoms with E-state index in [0.717, 1.165) is 27.0 Å². The van der Waals surface area contributed by atoms with E-state index >= 15 is 0 Å². The van der Waals surface area contributed by atoms with Gasteiger partial charge in [0.1, 0.15) is 5.75 Å². The number of benzene rings is 2. The van der Waals surface area contributed by atoms with Crippen LogP contribution in [0.15, 0.2) is 54.7 Å². The Hall–Kier alpha value is -3.55. The Morgan fingerprint density at radius 2 is 1.77 bits per heavy atom. The molecule has 8 heteroatoms. The molecular formula is C23H20F3N2O3+. The number of aromatic nitrogens is 1. The average molecular weight is 429 g/mol. The van der Waals surface area contributed by atoms with E-state index in [2.05, 4.69) is 4.74 Å². The van der Waals surface area contributed by atoms with E-state index in [4.69, 9.17) is 0 Å². The number of ether oxygens (including phenoxy) is 1. The molecule has 0 spiro atoms. The van der Waals surface area contributed by atoms with Gasteiger partial charge in [-0.15, -0.1) is 13.2 Å². The van der Waals surface area contributed by atoms with Gasteiger partial charge in [-0.3, -0.25) is 10.0 Å². The maximum absolute atomic E-state index is 12.9. The highest BCUT2D eigenvalue weighted by Crippen LogP contribution is 2.32. The second-order valence-corrected chi connectivity index (χ2v) is 7.58. The summed E-state index contributed by atoms with van der Waals surface area (Å²) in [6, 6.07) is 13.1. The summed E-state index contributed by atoms with van der Waals surface area (Å²) in [5.74, 6) is -0.414. The molecule has 0 saturated heterocycles. The zero-order valence-corrected chi connectivity index (χ0v) is 16.9. The minimum Gasteiger partial charge on any atom is -0.406 e. The van der Waals surface area contributed by atoms with Gasteiger partial charge in [-0.2, -0.15) is 0 Å². The lowest BCUT2D eigenvalue weighted by molar-refractivity contribution is -0.908. The van der Waals surface area contributed by atoms with E-state index in [1.165, 1.54) is 24.3 Å². The number of aryl methyl sites for hydroxylation is 2. The average Bonchev–Trinajstić information content (AvgIpc) is 3.00. The maximum atomic E-state index is 12.9. The molecule has 1 aliphatic heterocycles. The summed E-state index contributed by atoms with van der Waals surface area (Å²) in [5.41, 5.74) is 5.47. The molecule has 0 radical (unpaired) electrons. The number of alkyl halides is 3. The van der Waals surface area contributed by atoms with Crippen molar-refractivity contribution < 1.29 is 32.6 Å². The number of halogens is 3. The highest BCUT2D eigenvalue weighted by atomic mass is 19.4. The first-order valence-electron chi connectivity index (χ1n) is 9.60. The molecule has 31 heavy (non-hydrogen) atoms. The lowest BCUT2D eigenvalue weighted by atomic mass is 9.97. The minimum absolute atomic E-state index is 0.115. The van der Waals surface area contributed by atoms with Crippen molar-refractivity contribution in [1.82, 2.24) is 4.90 Å². The Balaban J connectivity index is 1.55. The molecule has 0 atom stereocenters. The Kier molecular flexibility index (Phi) is 5.08. The first-order chi connectivity index (χ1) is 14.6. The third-order valence-corrected chi connectivity index (χ3v) is 5.27. The number of carbonyl (C=O) groups excluding carboxylic acids is 1. The van der Waals surface area contributed by atoms with Gasteiger partial charge in [-0.25, -0.2) is 0 Å². The van der Waals surface area contributed by atoms with Crippen LogP contribution in [0.3, 0.4) is 0 Å². The summed E-state index contributed by atoms with van der Waals surface area (Å²) in [6.07, 6.45) is -3.12. The predicted octanol–water partition coefficient (Wildman–Crippen LogP) is 4.55. The highest BCUT2D eigenvalue weighted by molar-refractivity contribution is 6.00. The molecule has 0 saturated carbocycles. The van der Waals surface area contributed by atoms with Crippen LogP contribution in [0.4, 0.5) is 13.2 Å². The molecule has 1 aliphatic rings. The van der Waals surface area contributed by atoms with E-state index in [9.17, 15) is 23.2 Å². The van der Waals surface area contributed by atoms with Crippen molar-refractivity contribution in [2.45, 2.75) is 33.3 Å². The first-order valence-corrected chi connectivity index (χ1v) is 9.60. The number of rotatable bonds is 4. The van der Waals surface area contributed by atoms with Crippen molar-refractivity contribution in [2.24, 2.45) is 0 Å². The molecule has 160 valence electrons. The predicted molar refractivity (Wildman–Crippen MR) is 105 cm³/mol. The lowest BCUT2D eigenvalue weighted by Gasteiger charge is -2.16. The maximum Gasteiger partial charge on any atom is 0.573 e. The molecule has 2 aromatic carbocycles. The number of hydrogen-bond donors (Lipinski definition) is 1. The third kappa shape index (κ3) is 4.33. The van der Waals surface area contributed by atoms with Gasteiger partial charge >= 0.3 is 6.36 Å². The zero-order chi connectivity index (χ0) is 22.3. The van der Waals surface area contributed by atoms with Gasteiger partial charge in [-0.1, -0.05) is 18.2 Å². The number of nitrogens with zero attached hydrogens (tertiary/aromatic N) is 2. The van der Waals surface area contributed by atoms with Crippen LogP contribution in [-0.4, -0.2) is 22.4 Å². The highest BCUT2D eigenvalue weighted by Gasteiger charge is 2.32. The van der Waals surface area contributed by atoms with Crippen LogP contribution in [-0.2, 0) is 13.1 Å². The standard InChI is InChI=1S/C23H20F3N2O3/c1-14-9-18(17-6-3-15(2)28(30)13-17)10-19-12-27(22(29)21(14)19)11-16-4-7-20(8-5-16)31-23(24,25)26/h3-10,13,30H,11-12H2,1-2H3/q+1. The van der Waals surface area contributed by atoms with Crippen LogP contribution in [0.25, 0.3) is 11.1 Å². The van der Waals surface area contributed by atoms with Gasteiger partial charge < -0.3 is 9.64 Å². The van der Waals surface area contributed by atoms with Crippen LogP contribution in [0, 0.1) is 13.8 Å². The summed E-state index contributed by atoms with van der Waals surface area (Å²) in [7, 11) is 0. The van der Waals surface area contributed by atoms with E-state index in [-0.39, 0.29) is 18.2 Å². The molecule has 0 unspecified atom stereocenters. The van der Waals surface area contributed by atoms with Crippen molar-refractivity contribution >= 4 is 5.91 Å². The number of amides is 1. The summed E-state index contributed by atoms with van der Waals surface area (Å²) < 4.78 is 41.9. The smallest absolute Gasteiger partial charge is 0.406 e. The van der Waals surface area contributed by atoms with Gasteiger partial charge in [0.05, 0.1) is 5.56 Å². The van der Waals surface area contributed by atoms with Crippen molar-refractivity contribution in [2.75, 3.05) is 0 Å². The van der Waals surface area contributed by atoms with Crippen molar-refractivity contribution in [3.05, 3.63) is 82.7 Å². The molecular weight excluding hydrogens is 409 g/mol. The van der Waals surface area contributed by atoms with E-state index < -0.39 is 6.36 Å². The fraction of sp³-hybridized carbons (Fsp3) is 0.217. The molecule has 5 nitrogen and oxygen atoms in total. The Labute approximate surface area is 176 Å². The first kappa shape index (κ1) is 20.7. The summed E-state index contributed by atoms with van der Waals surface area (Å²) >= 11 is 0. The minimum atomic E-state index is -4.74. The molecule has 4 rings (SSSR count). The largest absolute Gasteiger partial charge is 0.573 e. The molecule has 1 amide bonds. The second-order valence-electron chi connectivity index (χ2n) is 7.58. The van der Waals surface area contributed by atoms with Crippen molar-refractivity contribution in [3.8, 4) is 16.9 Å². The SMILES string of the molecule is Cc1cc(-c2ccc(C)[n+](O)c2)cc2c1C(=O)N(Cc1ccc(OC(F)(F)F)cc1)C2. The van der Waals surface area contributed by atoms with Crippen LogP contribution in [0.5, 0.6) is 5.75 Å². The molecule has 0 aliphatic carbocycles. The Morgan fingerprint density at radius 1 is 1.06 bits per heavy atom. The Bertz CT molecular complexity index is 1160. The van der Waals surface area contributed by atoms with Crippen LogP contribution < -0.4 is 9.47 Å². The normalized spacial score (nSPS) is 13.5. The molecule has 1 aromatic heterocycles. The van der Waals surface area contributed by atoms with E-state index in [0.29, 0.717) is 23.4 Å². The molecule has 0 bridgehead atoms. The summed E-state index contributed by atoms with van der Waals surface area (Å²) in [5, 5.41) is 9.94. The zero-order valence-electron chi connectivity index (χ0n) is 16.9. The second kappa shape index (κ2) is 7.61. The van der Waals surface area contributed by atoms with Gasteiger partial charge in [0.15, 0.2) is 0 Å². The van der Waals surface area contributed by atoms with Crippen molar-refractivity contribution in [3.63, 3.8) is 0 Å². The van der Waals surface area contributed by atoms with Crippen LogP contribution in [0.1, 0.15) is 32.7 Å². The monoisotopic (exact) mass is 429 g/mol. The van der Waals surface area contributed by atoms with Crippen LogP contribution >= 0.6 is 0 Å². The van der Waals surface area contributed by atoms with Gasteiger partial charge in [0.2, 0.25) is 11.9 Å². The number of carbonyl (C=O) groups is 1. The van der Waals surface area contributed by atoms with E-state index in [1.807, 2.05) is 31.2 Å². The number of fused-ring (bicyclic) bond motifs is 1. The van der Waals surface area contributed by atoms with Crippen molar-refractivity contribution in [1.29, 1.82) is 0 Å². The third-order valence-electron chi connectivity index (χ3n) is 5.27. The lowest BCUT2D eigenvalue weighted by Crippen LogP contribution is -2.33. The molecule has 0 fully saturated rings. The quantitative estimate of drug-likeness (QED) is 0.489. The van der Waals surface area contributed by atoms with Gasteiger partial charge in [-0.05, 0) is 53.4 Å². The van der Waals surface area contributed by atoms with Gasteiger partial charge in [0.25, 0.3) is 5.91 Å². The molecule has 2 heterocycles. The summed E-state index contributed by atoms with van der Waals surface area (Å²) in [4.78, 5) is 14.6. The van der Waals surface area contributed by atoms with Gasteiger partial charge in [0, 0.05) is 36.4 Å². The van der Waals surface area contributed by atoms with Crippen LogP contribution in [0.2, 0.25) is 0 Å². The number of hydrogen-bond acceptors (Lipinski definition) is 3. The fourth-order valence-electron chi connectivity index (χ4n) is 3.77. The van der Waals surface area contributed by atoms with E-state index in [1.54, 1.807) is 18.0 Å². The fourth-order valence-corrected chi connectivity index (χ4v) is 3.77.